The van der Waals surface area contributed by atoms with Gasteiger partial charge in [-0.3, -0.25) is 9.59 Å². The molecule has 0 saturated carbocycles. The molecule has 1 aromatic carbocycles. The van der Waals surface area contributed by atoms with Crippen LogP contribution in [-0.2, 0) is 9.59 Å². The van der Waals surface area contributed by atoms with Crippen LogP contribution < -0.4 is 34.9 Å². The average Bonchev–Trinajstić information content (AvgIpc) is 2.34. The molecule has 0 fully saturated rings. The first-order valence-corrected chi connectivity index (χ1v) is 5.31. The standard InChI is InChI=1S/C12H13NO5.Na.H/c14-10(15)7-6-9(12(17)18)13-11(16)8-4-2-1-3-5-8;;/h1-5,9H,6-7H2,(H,13,16)(H,14,15)(H,17,18);;/q;+1;-1/t9-;;/m0../s1. The zero-order valence-electron chi connectivity index (χ0n) is 11.5. The molecular weight excluding hydrogens is 261 g/mol. The monoisotopic (exact) mass is 275 g/mol. The van der Waals surface area contributed by atoms with Gasteiger partial charge >= 0.3 is 41.5 Å². The van der Waals surface area contributed by atoms with Gasteiger partial charge < -0.3 is 17.0 Å². The number of amides is 1. The van der Waals surface area contributed by atoms with Crippen molar-refractivity contribution >= 4 is 17.8 Å². The van der Waals surface area contributed by atoms with Gasteiger partial charge in [-0.25, -0.2) is 4.79 Å². The van der Waals surface area contributed by atoms with E-state index in [0.717, 1.165) is 0 Å². The minimum atomic E-state index is -1.25. The summed E-state index contributed by atoms with van der Waals surface area (Å²) in [5, 5.41) is 19.7. The molecule has 19 heavy (non-hydrogen) atoms. The van der Waals surface area contributed by atoms with Crippen molar-refractivity contribution in [2.75, 3.05) is 0 Å². The van der Waals surface area contributed by atoms with E-state index in [0.29, 0.717) is 5.56 Å². The van der Waals surface area contributed by atoms with E-state index in [9.17, 15) is 14.4 Å². The Hall–Kier alpha value is -1.37. The molecule has 0 bridgehead atoms. The minimum Gasteiger partial charge on any atom is -1.00 e. The van der Waals surface area contributed by atoms with Crippen LogP contribution in [-0.4, -0.2) is 34.1 Å². The van der Waals surface area contributed by atoms with Gasteiger partial charge in [-0.05, 0) is 18.6 Å². The van der Waals surface area contributed by atoms with Gasteiger partial charge in [0.2, 0.25) is 0 Å². The summed E-state index contributed by atoms with van der Waals surface area (Å²) in [6.07, 6.45) is -0.463. The van der Waals surface area contributed by atoms with E-state index >= 15 is 0 Å². The van der Waals surface area contributed by atoms with Crippen molar-refractivity contribution in [3.8, 4) is 0 Å². The summed E-state index contributed by atoms with van der Waals surface area (Å²) in [4.78, 5) is 32.9. The fourth-order valence-corrected chi connectivity index (χ4v) is 1.36. The van der Waals surface area contributed by atoms with Gasteiger partial charge in [0.25, 0.3) is 5.91 Å². The molecule has 0 aliphatic rings. The van der Waals surface area contributed by atoms with Gasteiger partial charge in [0.1, 0.15) is 6.04 Å². The van der Waals surface area contributed by atoms with E-state index in [2.05, 4.69) is 5.32 Å². The van der Waals surface area contributed by atoms with Gasteiger partial charge in [-0.15, -0.1) is 0 Å². The zero-order valence-corrected chi connectivity index (χ0v) is 12.5. The molecular formula is C12H14NNaO5. The SMILES string of the molecule is O=C(O)CC[C@H](NC(=O)c1ccccc1)C(=O)O.[H-].[Na+]. The molecule has 0 aliphatic carbocycles. The molecule has 0 aliphatic heterocycles. The summed E-state index contributed by atoms with van der Waals surface area (Å²) in [6.45, 7) is 0. The molecule has 1 rings (SSSR count). The van der Waals surface area contributed by atoms with E-state index < -0.39 is 23.9 Å². The Labute approximate surface area is 133 Å². The quantitative estimate of drug-likeness (QED) is 0.514. The summed E-state index contributed by atoms with van der Waals surface area (Å²) in [5.74, 6) is -2.89. The molecule has 0 spiro atoms. The second-order valence-corrected chi connectivity index (χ2v) is 3.66. The Morgan fingerprint density at radius 1 is 1.16 bits per heavy atom. The van der Waals surface area contributed by atoms with Crippen LogP contribution in [0.25, 0.3) is 0 Å². The summed E-state index contributed by atoms with van der Waals surface area (Å²) in [7, 11) is 0. The van der Waals surface area contributed by atoms with Gasteiger partial charge in [0.05, 0.1) is 0 Å². The zero-order chi connectivity index (χ0) is 13.5. The van der Waals surface area contributed by atoms with Crippen LogP contribution in [0.3, 0.4) is 0 Å². The maximum absolute atomic E-state index is 11.7. The van der Waals surface area contributed by atoms with E-state index in [1.54, 1.807) is 30.3 Å². The smallest absolute Gasteiger partial charge is 1.00 e. The third kappa shape index (κ3) is 6.37. The molecule has 0 saturated heterocycles. The van der Waals surface area contributed by atoms with Gasteiger partial charge in [0, 0.05) is 12.0 Å². The number of hydrogen-bond acceptors (Lipinski definition) is 3. The topological polar surface area (TPSA) is 104 Å². The number of nitrogens with one attached hydrogen (secondary N) is 1. The van der Waals surface area contributed by atoms with Crippen LogP contribution in [0.15, 0.2) is 30.3 Å². The summed E-state index contributed by atoms with van der Waals surface area (Å²) in [5.41, 5.74) is 0.332. The number of carbonyl (C=O) groups excluding carboxylic acids is 1. The predicted molar refractivity (Wildman–Crippen MR) is 63.3 cm³/mol. The Balaban J connectivity index is 0. The maximum atomic E-state index is 11.7. The first-order chi connectivity index (χ1) is 8.50. The van der Waals surface area contributed by atoms with Crippen molar-refractivity contribution in [1.29, 1.82) is 0 Å². The summed E-state index contributed by atoms with van der Waals surface area (Å²) >= 11 is 0. The van der Waals surface area contributed by atoms with E-state index in [-0.39, 0.29) is 43.8 Å². The van der Waals surface area contributed by atoms with E-state index in [4.69, 9.17) is 10.2 Å². The van der Waals surface area contributed by atoms with Crippen molar-refractivity contribution in [3.63, 3.8) is 0 Å². The van der Waals surface area contributed by atoms with E-state index in [1.165, 1.54) is 0 Å². The van der Waals surface area contributed by atoms with Crippen molar-refractivity contribution < 1.29 is 55.6 Å². The third-order valence-electron chi connectivity index (χ3n) is 2.29. The van der Waals surface area contributed by atoms with Crippen molar-refractivity contribution in [2.45, 2.75) is 18.9 Å². The number of hydrogen-bond donors (Lipinski definition) is 3. The van der Waals surface area contributed by atoms with Crippen LogP contribution in [0.1, 0.15) is 24.6 Å². The van der Waals surface area contributed by atoms with Gasteiger partial charge in [-0.2, -0.15) is 0 Å². The van der Waals surface area contributed by atoms with Crippen molar-refractivity contribution in [1.82, 2.24) is 5.32 Å². The third-order valence-corrected chi connectivity index (χ3v) is 2.29. The molecule has 1 amide bonds. The average molecular weight is 275 g/mol. The molecule has 1 aromatic rings. The van der Waals surface area contributed by atoms with E-state index in [1.807, 2.05) is 0 Å². The maximum Gasteiger partial charge on any atom is 1.00 e. The summed E-state index contributed by atoms with van der Waals surface area (Å²) in [6, 6.07) is 6.94. The molecule has 0 unspecified atom stereocenters. The number of benzene rings is 1. The number of aliphatic carboxylic acids is 2. The van der Waals surface area contributed by atoms with Crippen LogP contribution in [0.4, 0.5) is 0 Å². The molecule has 1 atom stereocenters. The second-order valence-electron chi connectivity index (χ2n) is 3.66. The Morgan fingerprint density at radius 3 is 2.21 bits per heavy atom. The fraction of sp³-hybridized carbons (Fsp3) is 0.250. The molecule has 6 nitrogen and oxygen atoms in total. The van der Waals surface area contributed by atoms with Crippen LogP contribution in [0.5, 0.6) is 0 Å². The van der Waals surface area contributed by atoms with Crippen molar-refractivity contribution in [3.05, 3.63) is 35.9 Å². The number of carboxylic acids is 2. The van der Waals surface area contributed by atoms with Gasteiger partial charge in [0.15, 0.2) is 0 Å². The fourth-order valence-electron chi connectivity index (χ4n) is 1.36. The Bertz CT molecular complexity index is 454. The van der Waals surface area contributed by atoms with Crippen LogP contribution in [0.2, 0.25) is 0 Å². The minimum absolute atomic E-state index is 0. The largest absolute Gasteiger partial charge is 1.00 e. The van der Waals surface area contributed by atoms with Crippen LogP contribution in [0, 0.1) is 0 Å². The molecule has 0 aromatic heterocycles. The number of carboxylic acid groups (broad SMARTS) is 2. The van der Waals surface area contributed by atoms with Gasteiger partial charge in [-0.1, -0.05) is 18.2 Å². The van der Waals surface area contributed by atoms with Crippen molar-refractivity contribution in [2.24, 2.45) is 0 Å². The number of rotatable bonds is 6. The first kappa shape index (κ1) is 17.6. The molecule has 0 radical (unpaired) electrons. The molecule has 3 N–H and O–H groups in total. The molecule has 7 heteroatoms. The molecule has 0 heterocycles. The predicted octanol–water partition coefficient (Wildman–Crippen LogP) is -2.15. The first-order valence-electron chi connectivity index (χ1n) is 5.31. The van der Waals surface area contributed by atoms with Crippen LogP contribution >= 0.6 is 0 Å². The Kier molecular flexibility index (Phi) is 8.06. The Morgan fingerprint density at radius 2 is 1.74 bits per heavy atom. The normalized spacial score (nSPS) is 10.9. The second kappa shape index (κ2) is 8.68. The number of carbonyl (C=O) groups is 3. The molecule has 98 valence electrons. The summed E-state index contributed by atoms with van der Waals surface area (Å²) < 4.78 is 0.